The van der Waals surface area contributed by atoms with Crippen molar-refractivity contribution in [3.63, 3.8) is 0 Å². The highest BCUT2D eigenvalue weighted by atomic mass is 35.5. The summed E-state index contributed by atoms with van der Waals surface area (Å²) in [5.74, 6) is -0.539. The highest BCUT2D eigenvalue weighted by Gasteiger charge is 2.32. The number of hydrogen-bond acceptors (Lipinski definition) is 2. The Labute approximate surface area is 106 Å². The van der Waals surface area contributed by atoms with Gasteiger partial charge >= 0.3 is 0 Å². The minimum absolute atomic E-state index is 0. The molecule has 3 N–H and O–H groups in total. The summed E-state index contributed by atoms with van der Waals surface area (Å²) in [6.07, 6.45) is 3.04. The van der Waals surface area contributed by atoms with Crippen LogP contribution in [0.5, 0.6) is 0 Å². The molecule has 0 atom stereocenters. The summed E-state index contributed by atoms with van der Waals surface area (Å²) >= 11 is 0. The topological polar surface area (TPSA) is 55.1 Å². The van der Waals surface area contributed by atoms with Crippen molar-refractivity contribution in [1.82, 2.24) is 5.32 Å². The Bertz CT molecular complexity index is 390. The number of amides is 1. The van der Waals surface area contributed by atoms with E-state index in [4.69, 9.17) is 5.73 Å². The molecule has 0 aromatic heterocycles. The number of hydrogen-bond donors (Lipinski definition) is 2. The van der Waals surface area contributed by atoms with Gasteiger partial charge in [0.1, 0.15) is 5.82 Å². The third-order valence-corrected chi connectivity index (χ3v) is 3.06. The van der Waals surface area contributed by atoms with E-state index in [1.165, 1.54) is 24.3 Å². The van der Waals surface area contributed by atoms with Crippen molar-refractivity contribution in [3.05, 3.63) is 35.6 Å². The van der Waals surface area contributed by atoms with Gasteiger partial charge in [0, 0.05) is 17.6 Å². The van der Waals surface area contributed by atoms with Gasteiger partial charge in [0.05, 0.1) is 0 Å². The predicted molar refractivity (Wildman–Crippen MR) is 66.8 cm³/mol. The predicted octanol–water partition coefficient (Wildman–Crippen LogP) is 1.86. The minimum Gasteiger partial charge on any atom is -0.350 e. The molecule has 1 aromatic rings. The van der Waals surface area contributed by atoms with E-state index in [1.54, 1.807) is 0 Å². The molecule has 1 aliphatic carbocycles. The second-order valence-electron chi connectivity index (χ2n) is 4.41. The first-order chi connectivity index (χ1) is 7.59. The van der Waals surface area contributed by atoms with Crippen LogP contribution in [0.4, 0.5) is 4.39 Å². The summed E-state index contributed by atoms with van der Waals surface area (Å²) in [5, 5.41) is 2.77. The normalized spacial score (nSPS) is 16.6. The first kappa shape index (κ1) is 13.9. The Kier molecular flexibility index (Phi) is 4.48. The first-order valence-corrected chi connectivity index (χ1v) is 5.42. The van der Waals surface area contributed by atoms with Crippen molar-refractivity contribution in [1.29, 1.82) is 0 Å². The molecule has 0 aliphatic heterocycles. The van der Waals surface area contributed by atoms with Gasteiger partial charge in [0.15, 0.2) is 0 Å². The zero-order valence-electron chi connectivity index (χ0n) is 9.41. The number of rotatable bonds is 3. The fourth-order valence-corrected chi connectivity index (χ4v) is 1.77. The quantitative estimate of drug-likeness (QED) is 0.870. The summed E-state index contributed by atoms with van der Waals surface area (Å²) in [7, 11) is 0. The van der Waals surface area contributed by atoms with Gasteiger partial charge in [-0.1, -0.05) is 0 Å². The molecule has 0 bridgehead atoms. The lowest BCUT2D eigenvalue weighted by Crippen LogP contribution is -2.54. The van der Waals surface area contributed by atoms with Crippen molar-refractivity contribution >= 4 is 18.3 Å². The summed E-state index contributed by atoms with van der Waals surface area (Å²) in [5.41, 5.74) is 6.21. The zero-order chi connectivity index (χ0) is 11.6. The molecule has 17 heavy (non-hydrogen) atoms. The van der Waals surface area contributed by atoms with E-state index in [9.17, 15) is 9.18 Å². The Morgan fingerprint density at radius 3 is 2.41 bits per heavy atom. The van der Waals surface area contributed by atoms with E-state index in [1.807, 2.05) is 0 Å². The van der Waals surface area contributed by atoms with Crippen LogP contribution in [-0.2, 0) is 0 Å². The third-order valence-electron chi connectivity index (χ3n) is 3.06. The van der Waals surface area contributed by atoms with Crippen LogP contribution in [0, 0.1) is 5.82 Å². The molecule has 94 valence electrons. The van der Waals surface area contributed by atoms with E-state index >= 15 is 0 Å². The maximum atomic E-state index is 12.6. The lowest BCUT2D eigenvalue weighted by molar-refractivity contribution is 0.0930. The fraction of sp³-hybridized carbons (Fsp3) is 0.417. The van der Waals surface area contributed by atoms with Gasteiger partial charge in [0.2, 0.25) is 0 Å². The summed E-state index contributed by atoms with van der Waals surface area (Å²) in [6.45, 7) is 0.489. The molecule has 1 aromatic carbocycles. The van der Waals surface area contributed by atoms with Crippen molar-refractivity contribution in [2.24, 2.45) is 5.73 Å². The Morgan fingerprint density at radius 2 is 1.94 bits per heavy atom. The lowest BCUT2D eigenvalue weighted by atomic mass is 9.78. The van der Waals surface area contributed by atoms with Gasteiger partial charge in [0.25, 0.3) is 5.91 Å². The SMILES string of the molecule is Cl.NC1(CNC(=O)c2ccc(F)cc2)CCC1. The summed E-state index contributed by atoms with van der Waals surface area (Å²) in [4.78, 5) is 11.7. The van der Waals surface area contributed by atoms with Crippen LogP contribution in [0.2, 0.25) is 0 Å². The molecule has 1 aliphatic rings. The number of carbonyl (C=O) groups excluding carboxylic acids is 1. The fourth-order valence-electron chi connectivity index (χ4n) is 1.77. The highest BCUT2D eigenvalue weighted by molar-refractivity contribution is 5.94. The van der Waals surface area contributed by atoms with Crippen LogP contribution in [0.1, 0.15) is 29.6 Å². The van der Waals surface area contributed by atoms with Crippen LogP contribution >= 0.6 is 12.4 Å². The van der Waals surface area contributed by atoms with Gasteiger partial charge in [-0.3, -0.25) is 4.79 Å². The van der Waals surface area contributed by atoms with Crippen molar-refractivity contribution in [2.75, 3.05) is 6.54 Å². The second kappa shape index (κ2) is 5.47. The Morgan fingerprint density at radius 1 is 1.35 bits per heavy atom. The average Bonchev–Trinajstić information content (AvgIpc) is 2.24. The van der Waals surface area contributed by atoms with E-state index in [2.05, 4.69) is 5.32 Å². The number of carbonyl (C=O) groups is 1. The smallest absolute Gasteiger partial charge is 0.251 e. The molecule has 0 heterocycles. The molecule has 3 nitrogen and oxygen atoms in total. The molecule has 5 heteroatoms. The van der Waals surface area contributed by atoms with Crippen LogP contribution < -0.4 is 11.1 Å². The lowest BCUT2D eigenvalue weighted by Gasteiger charge is -2.38. The van der Waals surface area contributed by atoms with Crippen LogP contribution in [0.25, 0.3) is 0 Å². The standard InChI is InChI=1S/C12H15FN2O.ClH/c13-10-4-2-9(3-5-10)11(16)15-8-12(14)6-1-7-12;/h2-5H,1,6-8,14H2,(H,15,16);1H. The number of nitrogens with one attached hydrogen (secondary N) is 1. The molecule has 0 saturated heterocycles. The molecule has 2 rings (SSSR count). The van der Waals surface area contributed by atoms with Crippen molar-refractivity contribution < 1.29 is 9.18 Å². The van der Waals surface area contributed by atoms with Crippen molar-refractivity contribution in [3.8, 4) is 0 Å². The maximum Gasteiger partial charge on any atom is 0.251 e. The van der Waals surface area contributed by atoms with Gasteiger partial charge in [-0.05, 0) is 43.5 Å². The highest BCUT2D eigenvalue weighted by Crippen LogP contribution is 2.28. The van der Waals surface area contributed by atoms with Gasteiger partial charge in [-0.2, -0.15) is 0 Å². The van der Waals surface area contributed by atoms with E-state index in [-0.39, 0.29) is 29.7 Å². The molecule has 0 radical (unpaired) electrons. The molecular weight excluding hydrogens is 243 g/mol. The number of benzene rings is 1. The molecule has 0 spiro atoms. The van der Waals surface area contributed by atoms with Gasteiger partial charge < -0.3 is 11.1 Å². The Balaban J connectivity index is 0.00000144. The van der Waals surface area contributed by atoms with Crippen LogP contribution in [0.3, 0.4) is 0 Å². The molecule has 1 amide bonds. The number of nitrogens with two attached hydrogens (primary N) is 1. The maximum absolute atomic E-state index is 12.6. The first-order valence-electron chi connectivity index (χ1n) is 5.42. The number of halogens is 2. The molecule has 0 unspecified atom stereocenters. The minimum atomic E-state index is -0.342. The second-order valence-corrected chi connectivity index (χ2v) is 4.41. The summed E-state index contributed by atoms with van der Waals surface area (Å²) < 4.78 is 12.6. The third kappa shape index (κ3) is 3.41. The Hall–Kier alpha value is -1.13. The summed E-state index contributed by atoms with van der Waals surface area (Å²) in [6, 6.07) is 5.48. The van der Waals surface area contributed by atoms with E-state index < -0.39 is 0 Å². The molecule has 1 fully saturated rings. The molecular formula is C12H16ClFN2O. The average molecular weight is 259 g/mol. The molecule has 1 saturated carbocycles. The monoisotopic (exact) mass is 258 g/mol. The van der Waals surface area contributed by atoms with Crippen molar-refractivity contribution in [2.45, 2.75) is 24.8 Å². The van der Waals surface area contributed by atoms with Gasteiger partial charge in [-0.25, -0.2) is 4.39 Å². The van der Waals surface area contributed by atoms with E-state index in [0.29, 0.717) is 12.1 Å². The van der Waals surface area contributed by atoms with E-state index in [0.717, 1.165) is 19.3 Å². The zero-order valence-corrected chi connectivity index (χ0v) is 10.2. The largest absolute Gasteiger partial charge is 0.350 e. The van der Waals surface area contributed by atoms with Crippen LogP contribution in [-0.4, -0.2) is 18.0 Å². The van der Waals surface area contributed by atoms with Crippen LogP contribution in [0.15, 0.2) is 24.3 Å². The van der Waals surface area contributed by atoms with Gasteiger partial charge in [-0.15, -0.1) is 12.4 Å².